The van der Waals surface area contributed by atoms with Crippen LogP contribution in [0.2, 0.25) is 0 Å². The maximum absolute atomic E-state index is 11.6. The van der Waals surface area contributed by atoms with Gasteiger partial charge in [-0.15, -0.1) is 0 Å². The number of carbonyl (C=O) groups is 2. The van der Waals surface area contributed by atoms with Gasteiger partial charge in [0.1, 0.15) is 6.54 Å². The molecule has 0 aromatic heterocycles. The van der Waals surface area contributed by atoms with E-state index in [4.69, 9.17) is 0 Å². The highest BCUT2D eigenvalue weighted by molar-refractivity contribution is 5.81. The first kappa shape index (κ1) is 14.0. The molecule has 0 bridgehead atoms. The molecule has 1 rings (SSSR count). The minimum atomic E-state index is -0.409. The highest BCUT2D eigenvalue weighted by atomic mass is 16.5. The monoisotopic (exact) mass is 242 g/mol. The Hall–Kier alpha value is -1.10. The van der Waals surface area contributed by atoms with Crippen molar-refractivity contribution in [3.05, 3.63) is 0 Å². The molecule has 0 saturated carbocycles. The van der Waals surface area contributed by atoms with Gasteiger partial charge >= 0.3 is 5.97 Å². The van der Waals surface area contributed by atoms with E-state index in [0.29, 0.717) is 18.3 Å². The molecule has 1 atom stereocenters. The molecule has 5 nitrogen and oxygen atoms in total. The number of piperidine rings is 1. The molecule has 2 N–H and O–H groups in total. The molecule has 1 heterocycles. The van der Waals surface area contributed by atoms with E-state index in [1.807, 2.05) is 0 Å². The lowest BCUT2D eigenvalue weighted by Gasteiger charge is -2.27. The van der Waals surface area contributed by atoms with E-state index < -0.39 is 5.97 Å². The van der Waals surface area contributed by atoms with Crippen LogP contribution in [0.25, 0.3) is 0 Å². The molecule has 17 heavy (non-hydrogen) atoms. The second kappa shape index (κ2) is 7.27. The molecule has 1 saturated heterocycles. The van der Waals surface area contributed by atoms with Gasteiger partial charge in [0, 0.05) is 6.42 Å². The van der Waals surface area contributed by atoms with Gasteiger partial charge in [-0.1, -0.05) is 6.92 Å². The summed E-state index contributed by atoms with van der Waals surface area (Å²) in [4.78, 5) is 22.4. The number of esters is 1. The summed E-state index contributed by atoms with van der Waals surface area (Å²) in [5, 5.41) is 5.88. The molecular formula is C12H22N2O3. The van der Waals surface area contributed by atoms with E-state index in [1.165, 1.54) is 7.11 Å². The summed E-state index contributed by atoms with van der Waals surface area (Å²) in [6, 6.07) is 0. The Balaban J connectivity index is 2.22. The maximum atomic E-state index is 11.6. The maximum Gasteiger partial charge on any atom is 0.325 e. The quantitative estimate of drug-likeness (QED) is 0.681. The van der Waals surface area contributed by atoms with Crippen LogP contribution >= 0.6 is 0 Å². The number of methoxy groups -OCH3 is 1. The van der Waals surface area contributed by atoms with E-state index in [1.54, 1.807) is 0 Å². The SMILES string of the molecule is COC(=O)CNC(=O)CC(C)C1CCNCC1. The lowest BCUT2D eigenvalue weighted by molar-refractivity contribution is -0.141. The van der Waals surface area contributed by atoms with Gasteiger partial charge in [-0.25, -0.2) is 0 Å². The molecule has 0 aliphatic carbocycles. The Morgan fingerprint density at radius 1 is 1.41 bits per heavy atom. The number of carbonyl (C=O) groups excluding carboxylic acids is 2. The number of hydrogen-bond acceptors (Lipinski definition) is 4. The fourth-order valence-corrected chi connectivity index (χ4v) is 2.19. The summed E-state index contributed by atoms with van der Waals surface area (Å²) in [5.74, 6) is 0.504. The van der Waals surface area contributed by atoms with Crippen LogP contribution in [0.1, 0.15) is 26.2 Å². The first-order chi connectivity index (χ1) is 8.13. The van der Waals surface area contributed by atoms with E-state index >= 15 is 0 Å². The largest absolute Gasteiger partial charge is 0.468 e. The summed E-state index contributed by atoms with van der Waals surface area (Å²) in [6.07, 6.45) is 2.75. The Labute approximate surface area is 102 Å². The molecule has 1 unspecified atom stereocenters. The van der Waals surface area contributed by atoms with Crippen LogP contribution in [0, 0.1) is 11.8 Å². The van der Waals surface area contributed by atoms with Gasteiger partial charge in [-0.05, 0) is 37.8 Å². The predicted octanol–water partition coefficient (Wildman–Crippen LogP) is 0.301. The van der Waals surface area contributed by atoms with Crippen LogP contribution in [-0.2, 0) is 14.3 Å². The summed E-state index contributed by atoms with van der Waals surface area (Å²) in [7, 11) is 1.31. The molecule has 1 aliphatic heterocycles. The lowest BCUT2D eigenvalue weighted by atomic mass is 9.84. The molecule has 5 heteroatoms. The van der Waals surface area contributed by atoms with Gasteiger partial charge in [0.25, 0.3) is 0 Å². The van der Waals surface area contributed by atoms with Gasteiger partial charge in [-0.3, -0.25) is 9.59 Å². The summed E-state index contributed by atoms with van der Waals surface area (Å²) >= 11 is 0. The van der Waals surface area contributed by atoms with E-state index in [2.05, 4.69) is 22.3 Å². The van der Waals surface area contributed by atoms with Gasteiger partial charge in [0.05, 0.1) is 7.11 Å². The highest BCUT2D eigenvalue weighted by Gasteiger charge is 2.22. The number of ether oxygens (including phenoxy) is 1. The van der Waals surface area contributed by atoms with Crippen molar-refractivity contribution in [3.63, 3.8) is 0 Å². The number of nitrogens with one attached hydrogen (secondary N) is 2. The number of rotatable bonds is 5. The fourth-order valence-electron chi connectivity index (χ4n) is 2.19. The van der Waals surface area contributed by atoms with Crippen LogP contribution < -0.4 is 10.6 Å². The van der Waals surface area contributed by atoms with Gasteiger partial charge < -0.3 is 15.4 Å². The molecule has 1 amide bonds. The third-order valence-electron chi connectivity index (χ3n) is 3.35. The van der Waals surface area contributed by atoms with Crippen LogP contribution in [0.5, 0.6) is 0 Å². The standard InChI is InChI=1S/C12H22N2O3/c1-9(10-3-5-13-6-4-10)7-11(15)14-8-12(16)17-2/h9-10,13H,3-8H2,1-2H3,(H,14,15). The molecule has 0 aromatic rings. The van der Waals surface area contributed by atoms with Crippen molar-refractivity contribution in [2.75, 3.05) is 26.7 Å². The Morgan fingerprint density at radius 2 is 2.06 bits per heavy atom. The minimum absolute atomic E-state index is 0.0335. The van der Waals surface area contributed by atoms with Crippen molar-refractivity contribution < 1.29 is 14.3 Å². The van der Waals surface area contributed by atoms with Crippen molar-refractivity contribution in [1.82, 2.24) is 10.6 Å². The Bertz CT molecular complexity index is 262. The fraction of sp³-hybridized carbons (Fsp3) is 0.833. The first-order valence-corrected chi connectivity index (χ1v) is 6.17. The van der Waals surface area contributed by atoms with Crippen molar-refractivity contribution in [2.24, 2.45) is 11.8 Å². The summed E-state index contributed by atoms with van der Waals surface area (Å²) in [6.45, 7) is 4.15. The van der Waals surface area contributed by atoms with E-state index in [9.17, 15) is 9.59 Å². The van der Waals surface area contributed by atoms with Crippen LogP contribution in [0.3, 0.4) is 0 Å². The average molecular weight is 242 g/mol. The van der Waals surface area contributed by atoms with Gasteiger partial charge in [-0.2, -0.15) is 0 Å². The third-order valence-corrected chi connectivity index (χ3v) is 3.35. The molecule has 1 aliphatic rings. The molecule has 0 spiro atoms. The Kier molecular flexibility index (Phi) is 5.97. The molecule has 0 aromatic carbocycles. The molecule has 0 radical (unpaired) electrons. The zero-order valence-electron chi connectivity index (χ0n) is 10.6. The average Bonchev–Trinajstić information content (AvgIpc) is 2.36. The van der Waals surface area contributed by atoms with E-state index in [-0.39, 0.29) is 12.5 Å². The zero-order valence-corrected chi connectivity index (χ0v) is 10.6. The summed E-state index contributed by atoms with van der Waals surface area (Å²) < 4.78 is 4.46. The number of amides is 1. The second-order valence-corrected chi connectivity index (χ2v) is 4.62. The van der Waals surface area contributed by atoms with Crippen molar-refractivity contribution in [2.45, 2.75) is 26.2 Å². The smallest absolute Gasteiger partial charge is 0.325 e. The van der Waals surface area contributed by atoms with Gasteiger partial charge in [0.15, 0.2) is 0 Å². The highest BCUT2D eigenvalue weighted by Crippen LogP contribution is 2.23. The van der Waals surface area contributed by atoms with Crippen molar-refractivity contribution in [1.29, 1.82) is 0 Å². The molecule has 1 fully saturated rings. The molecule has 98 valence electrons. The third kappa shape index (κ3) is 5.17. The minimum Gasteiger partial charge on any atom is -0.468 e. The van der Waals surface area contributed by atoms with Gasteiger partial charge in [0.2, 0.25) is 5.91 Å². The van der Waals surface area contributed by atoms with Crippen molar-refractivity contribution in [3.8, 4) is 0 Å². The predicted molar refractivity (Wildman–Crippen MR) is 64.4 cm³/mol. The second-order valence-electron chi connectivity index (χ2n) is 4.62. The Morgan fingerprint density at radius 3 is 2.65 bits per heavy atom. The van der Waals surface area contributed by atoms with Crippen LogP contribution in [0.15, 0.2) is 0 Å². The van der Waals surface area contributed by atoms with Crippen molar-refractivity contribution >= 4 is 11.9 Å². The zero-order chi connectivity index (χ0) is 12.7. The topological polar surface area (TPSA) is 67.4 Å². The first-order valence-electron chi connectivity index (χ1n) is 6.17. The summed E-state index contributed by atoms with van der Waals surface area (Å²) in [5.41, 5.74) is 0. The van der Waals surface area contributed by atoms with E-state index in [0.717, 1.165) is 25.9 Å². The lowest BCUT2D eigenvalue weighted by Crippen LogP contribution is -2.35. The van der Waals surface area contributed by atoms with Crippen LogP contribution in [-0.4, -0.2) is 38.6 Å². The number of hydrogen-bond donors (Lipinski definition) is 2. The normalized spacial score (nSPS) is 18.5. The van der Waals surface area contributed by atoms with Crippen LogP contribution in [0.4, 0.5) is 0 Å². The molecular weight excluding hydrogens is 220 g/mol.